The number of hydrogen-bond donors (Lipinski definition) is 1. The quantitative estimate of drug-likeness (QED) is 0.670. The summed E-state index contributed by atoms with van der Waals surface area (Å²) in [5.41, 5.74) is 6.16. The summed E-state index contributed by atoms with van der Waals surface area (Å²) in [7, 11) is 1.35. The Bertz CT molecular complexity index is 606. The van der Waals surface area contributed by atoms with Crippen LogP contribution in [0.3, 0.4) is 0 Å². The molecular weight excluding hydrogens is 322 g/mol. The number of ether oxygens (including phenoxy) is 1. The zero-order valence-corrected chi connectivity index (χ0v) is 14.3. The highest BCUT2D eigenvalue weighted by molar-refractivity contribution is 5.95. The second-order valence-electron chi connectivity index (χ2n) is 6.25. The average Bonchev–Trinajstić information content (AvgIpc) is 2.48. The fraction of sp³-hybridized carbons (Fsp3) is 0.533. The highest BCUT2D eigenvalue weighted by Gasteiger charge is 2.35. The minimum absolute atomic E-state index is 0. The summed E-state index contributed by atoms with van der Waals surface area (Å²) < 4.78 is 5.01. The maximum atomic E-state index is 12.6. The van der Waals surface area contributed by atoms with Crippen LogP contribution >= 0.6 is 12.4 Å². The van der Waals surface area contributed by atoms with Gasteiger partial charge >= 0.3 is 5.69 Å². The Morgan fingerprint density at radius 3 is 2.65 bits per heavy atom. The zero-order valence-electron chi connectivity index (χ0n) is 13.4. The summed E-state index contributed by atoms with van der Waals surface area (Å²) in [6.45, 7) is 5.22. The van der Waals surface area contributed by atoms with Gasteiger partial charge in [0.1, 0.15) is 0 Å². The summed E-state index contributed by atoms with van der Waals surface area (Å²) in [5.74, 6) is -0.0722. The summed E-state index contributed by atoms with van der Waals surface area (Å²) >= 11 is 0. The van der Waals surface area contributed by atoms with E-state index < -0.39 is 4.92 Å². The molecule has 2 N–H and O–H groups in total. The lowest BCUT2D eigenvalue weighted by molar-refractivity contribution is -0.385. The van der Waals surface area contributed by atoms with Crippen LogP contribution in [-0.2, 0) is 0 Å². The van der Waals surface area contributed by atoms with Crippen LogP contribution in [0.25, 0.3) is 0 Å². The van der Waals surface area contributed by atoms with E-state index in [1.54, 1.807) is 4.90 Å². The predicted octanol–water partition coefficient (Wildman–Crippen LogP) is 2.22. The van der Waals surface area contributed by atoms with E-state index in [-0.39, 0.29) is 41.2 Å². The third-order valence-electron chi connectivity index (χ3n) is 4.22. The second kappa shape index (κ2) is 7.14. The van der Waals surface area contributed by atoms with Gasteiger partial charge in [-0.05, 0) is 17.9 Å². The number of carbonyl (C=O) groups is 1. The zero-order chi connectivity index (χ0) is 16.5. The first-order valence-electron chi connectivity index (χ1n) is 7.13. The molecule has 0 radical (unpaired) electrons. The fourth-order valence-electron chi connectivity index (χ4n) is 2.69. The molecule has 8 heteroatoms. The van der Waals surface area contributed by atoms with Gasteiger partial charge in [-0.15, -0.1) is 12.4 Å². The summed E-state index contributed by atoms with van der Waals surface area (Å²) in [4.78, 5) is 24.7. The molecule has 0 aliphatic carbocycles. The van der Waals surface area contributed by atoms with Crippen molar-refractivity contribution < 1.29 is 14.5 Å². The Hall–Kier alpha value is -1.86. The number of carbonyl (C=O) groups excluding carboxylic acids is 1. The van der Waals surface area contributed by atoms with E-state index in [1.165, 1.54) is 25.3 Å². The first-order chi connectivity index (χ1) is 10.3. The molecule has 128 valence electrons. The Morgan fingerprint density at radius 2 is 2.13 bits per heavy atom. The molecule has 0 spiro atoms. The molecule has 1 unspecified atom stereocenters. The lowest BCUT2D eigenvalue weighted by atomic mass is 9.79. The Morgan fingerprint density at radius 1 is 1.48 bits per heavy atom. The van der Waals surface area contributed by atoms with Crippen LogP contribution in [0.4, 0.5) is 5.69 Å². The van der Waals surface area contributed by atoms with Crippen molar-refractivity contribution >= 4 is 24.0 Å². The number of methoxy groups -OCH3 is 1. The van der Waals surface area contributed by atoms with Crippen molar-refractivity contribution in [1.29, 1.82) is 0 Å². The molecule has 0 bridgehead atoms. The number of hydrogen-bond acceptors (Lipinski definition) is 5. The van der Waals surface area contributed by atoms with Gasteiger partial charge in [-0.25, -0.2) is 0 Å². The molecule has 0 aromatic heterocycles. The predicted molar refractivity (Wildman–Crippen MR) is 89.2 cm³/mol. The molecule has 1 amide bonds. The van der Waals surface area contributed by atoms with E-state index in [1.807, 2.05) is 13.8 Å². The van der Waals surface area contributed by atoms with Gasteiger partial charge in [0.15, 0.2) is 5.75 Å². The van der Waals surface area contributed by atoms with Crippen molar-refractivity contribution in [2.24, 2.45) is 11.1 Å². The fourth-order valence-corrected chi connectivity index (χ4v) is 2.69. The van der Waals surface area contributed by atoms with E-state index in [4.69, 9.17) is 10.5 Å². The highest BCUT2D eigenvalue weighted by Crippen LogP contribution is 2.31. The maximum absolute atomic E-state index is 12.6. The third kappa shape index (κ3) is 3.92. The molecule has 7 nitrogen and oxygen atoms in total. The number of likely N-dealkylation sites (tertiary alicyclic amines) is 1. The molecule has 2 rings (SSSR count). The van der Waals surface area contributed by atoms with E-state index in [0.717, 1.165) is 6.42 Å². The first kappa shape index (κ1) is 19.2. The van der Waals surface area contributed by atoms with Crippen LogP contribution in [0.1, 0.15) is 30.6 Å². The van der Waals surface area contributed by atoms with Crippen LogP contribution in [0.15, 0.2) is 18.2 Å². The van der Waals surface area contributed by atoms with Gasteiger partial charge in [0.05, 0.1) is 12.0 Å². The van der Waals surface area contributed by atoms with Gasteiger partial charge in [0, 0.05) is 36.8 Å². The van der Waals surface area contributed by atoms with Crippen molar-refractivity contribution in [1.82, 2.24) is 4.90 Å². The van der Waals surface area contributed by atoms with Gasteiger partial charge in [-0.2, -0.15) is 0 Å². The van der Waals surface area contributed by atoms with Crippen LogP contribution in [0, 0.1) is 15.5 Å². The maximum Gasteiger partial charge on any atom is 0.310 e. The third-order valence-corrected chi connectivity index (χ3v) is 4.22. The molecule has 1 aliphatic rings. The summed E-state index contributed by atoms with van der Waals surface area (Å²) in [5, 5.41) is 10.9. The number of nitro groups is 1. The smallest absolute Gasteiger partial charge is 0.310 e. The van der Waals surface area contributed by atoms with E-state index in [2.05, 4.69) is 0 Å². The van der Waals surface area contributed by atoms with Crippen LogP contribution in [-0.4, -0.2) is 42.0 Å². The number of halogens is 1. The molecule has 1 aromatic carbocycles. The SMILES string of the molecule is COc1cc(C(=O)N2CCC(N)C(C)(C)C2)ccc1[N+](=O)[O-].Cl. The Kier molecular flexibility index (Phi) is 5.96. The Balaban J connectivity index is 0.00000264. The van der Waals surface area contributed by atoms with Crippen molar-refractivity contribution in [2.75, 3.05) is 20.2 Å². The highest BCUT2D eigenvalue weighted by atomic mass is 35.5. The van der Waals surface area contributed by atoms with Crippen molar-refractivity contribution in [2.45, 2.75) is 26.3 Å². The van der Waals surface area contributed by atoms with E-state index >= 15 is 0 Å². The molecule has 1 atom stereocenters. The van der Waals surface area contributed by atoms with Crippen molar-refractivity contribution in [3.8, 4) is 5.75 Å². The number of nitrogens with zero attached hydrogens (tertiary/aromatic N) is 2. The average molecular weight is 344 g/mol. The second-order valence-corrected chi connectivity index (χ2v) is 6.25. The van der Waals surface area contributed by atoms with E-state index in [0.29, 0.717) is 18.7 Å². The molecule has 1 saturated heterocycles. The molecule has 23 heavy (non-hydrogen) atoms. The standard InChI is InChI=1S/C15H21N3O4.ClH/c1-15(2)9-17(7-6-13(15)16)14(19)10-4-5-11(18(20)21)12(8-10)22-3;/h4-5,8,13H,6-7,9,16H2,1-3H3;1H. The number of amides is 1. The van der Waals surface area contributed by atoms with Gasteiger partial charge < -0.3 is 15.4 Å². The van der Waals surface area contributed by atoms with Crippen molar-refractivity contribution in [3.63, 3.8) is 0 Å². The lowest BCUT2D eigenvalue weighted by Crippen LogP contribution is -2.54. The lowest BCUT2D eigenvalue weighted by Gasteiger charge is -2.42. The number of piperidine rings is 1. The molecule has 1 fully saturated rings. The largest absolute Gasteiger partial charge is 0.490 e. The summed E-state index contributed by atoms with van der Waals surface area (Å²) in [6, 6.07) is 4.24. The molecule has 1 heterocycles. The number of nitro benzene ring substituents is 1. The molecule has 1 aliphatic heterocycles. The number of rotatable bonds is 3. The van der Waals surface area contributed by atoms with Crippen LogP contribution in [0.5, 0.6) is 5.75 Å². The summed E-state index contributed by atoms with van der Waals surface area (Å²) in [6.07, 6.45) is 0.739. The minimum atomic E-state index is -0.532. The Labute approximate surface area is 141 Å². The van der Waals surface area contributed by atoms with Crippen LogP contribution < -0.4 is 10.5 Å². The van der Waals surface area contributed by atoms with Gasteiger partial charge in [0.25, 0.3) is 5.91 Å². The van der Waals surface area contributed by atoms with Gasteiger partial charge in [0.2, 0.25) is 0 Å². The topological polar surface area (TPSA) is 98.7 Å². The van der Waals surface area contributed by atoms with E-state index in [9.17, 15) is 14.9 Å². The van der Waals surface area contributed by atoms with Crippen molar-refractivity contribution in [3.05, 3.63) is 33.9 Å². The number of benzene rings is 1. The number of nitrogens with two attached hydrogens (primary N) is 1. The minimum Gasteiger partial charge on any atom is -0.490 e. The van der Waals surface area contributed by atoms with Gasteiger partial charge in [-0.1, -0.05) is 13.8 Å². The van der Waals surface area contributed by atoms with Gasteiger partial charge in [-0.3, -0.25) is 14.9 Å². The normalized spacial score (nSPS) is 19.7. The molecular formula is C15H22ClN3O4. The van der Waals surface area contributed by atoms with Crippen LogP contribution in [0.2, 0.25) is 0 Å². The first-order valence-corrected chi connectivity index (χ1v) is 7.13. The monoisotopic (exact) mass is 343 g/mol. The molecule has 1 aromatic rings. The molecule has 0 saturated carbocycles.